The van der Waals surface area contributed by atoms with E-state index in [0.29, 0.717) is 0 Å². The Bertz CT molecular complexity index is 506. The van der Waals surface area contributed by atoms with Gasteiger partial charge in [0.25, 0.3) is 11.8 Å². The Morgan fingerprint density at radius 1 is 1.33 bits per heavy atom. The lowest BCUT2D eigenvalue weighted by atomic mass is 10.2. The van der Waals surface area contributed by atoms with Crippen molar-refractivity contribution in [1.29, 1.82) is 0 Å². The van der Waals surface area contributed by atoms with E-state index in [-0.39, 0.29) is 11.0 Å². The molecule has 1 aliphatic heterocycles. The number of halogens is 5. The van der Waals surface area contributed by atoms with Gasteiger partial charge in [-0.25, -0.2) is 17.6 Å². The molecular weight excluding hydrogens is 318 g/mol. The second-order valence-corrected chi connectivity index (χ2v) is 5.00. The highest BCUT2D eigenvalue weighted by molar-refractivity contribution is 9.10. The third-order valence-electron chi connectivity index (χ3n) is 2.68. The van der Waals surface area contributed by atoms with Crippen LogP contribution in [0.5, 0.6) is 0 Å². The van der Waals surface area contributed by atoms with Crippen LogP contribution in [0.3, 0.4) is 0 Å². The highest BCUT2D eigenvalue weighted by Gasteiger charge is 2.41. The van der Waals surface area contributed by atoms with Gasteiger partial charge < -0.3 is 4.90 Å². The van der Waals surface area contributed by atoms with Crippen LogP contribution in [0.15, 0.2) is 16.6 Å². The first-order valence-corrected chi connectivity index (χ1v) is 5.91. The standard InChI is InChI=1S/C11H8BrF4NO/c12-6-3-7(9(14)8(13)4-6)10(18)17-2-1-11(15,16)5-17/h3-4H,1-2,5H2. The maximum atomic E-state index is 13.4. The number of benzene rings is 1. The molecule has 0 saturated carbocycles. The summed E-state index contributed by atoms with van der Waals surface area (Å²) in [5.74, 6) is -6.40. The number of likely N-dealkylation sites (tertiary alicyclic amines) is 1. The highest BCUT2D eigenvalue weighted by atomic mass is 79.9. The van der Waals surface area contributed by atoms with Crippen molar-refractivity contribution in [3.8, 4) is 0 Å². The van der Waals surface area contributed by atoms with Crippen molar-refractivity contribution in [3.63, 3.8) is 0 Å². The van der Waals surface area contributed by atoms with Crippen LogP contribution in [0.1, 0.15) is 16.8 Å². The van der Waals surface area contributed by atoms with E-state index < -0.39 is 42.0 Å². The molecule has 18 heavy (non-hydrogen) atoms. The maximum Gasteiger partial charge on any atom is 0.267 e. The highest BCUT2D eigenvalue weighted by Crippen LogP contribution is 2.29. The molecule has 1 amide bonds. The number of nitrogens with zero attached hydrogens (tertiary/aromatic N) is 1. The van der Waals surface area contributed by atoms with Gasteiger partial charge in [0.15, 0.2) is 11.6 Å². The van der Waals surface area contributed by atoms with E-state index in [1.54, 1.807) is 0 Å². The minimum absolute atomic E-state index is 0.167. The molecule has 0 N–H and O–H groups in total. The molecule has 0 bridgehead atoms. The summed E-state index contributed by atoms with van der Waals surface area (Å²) in [5.41, 5.74) is -0.542. The first-order chi connectivity index (χ1) is 8.30. The Morgan fingerprint density at radius 2 is 2.00 bits per heavy atom. The van der Waals surface area contributed by atoms with E-state index in [9.17, 15) is 22.4 Å². The summed E-state index contributed by atoms with van der Waals surface area (Å²) in [4.78, 5) is 12.6. The van der Waals surface area contributed by atoms with Crippen LogP contribution in [-0.4, -0.2) is 29.8 Å². The van der Waals surface area contributed by atoms with Crippen molar-refractivity contribution in [3.05, 3.63) is 33.8 Å². The Balaban J connectivity index is 2.30. The third-order valence-corrected chi connectivity index (χ3v) is 3.14. The summed E-state index contributed by atoms with van der Waals surface area (Å²) in [6.07, 6.45) is -0.461. The van der Waals surface area contributed by atoms with Gasteiger partial charge in [0.05, 0.1) is 12.1 Å². The zero-order chi connectivity index (χ0) is 13.5. The number of carbonyl (C=O) groups is 1. The summed E-state index contributed by atoms with van der Waals surface area (Å²) in [7, 11) is 0. The zero-order valence-electron chi connectivity index (χ0n) is 9.02. The zero-order valence-corrected chi connectivity index (χ0v) is 10.6. The van der Waals surface area contributed by atoms with Crippen molar-refractivity contribution in [2.24, 2.45) is 0 Å². The van der Waals surface area contributed by atoms with Crippen molar-refractivity contribution in [2.45, 2.75) is 12.3 Å². The maximum absolute atomic E-state index is 13.4. The molecule has 7 heteroatoms. The molecule has 0 aromatic heterocycles. The molecule has 1 aromatic carbocycles. The molecule has 2 nitrogen and oxygen atoms in total. The topological polar surface area (TPSA) is 20.3 Å². The van der Waals surface area contributed by atoms with E-state index in [1.165, 1.54) is 0 Å². The number of amides is 1. The predicted octanol–water partition coefficient (Wildman–Crippen LogP) is 3.21. The Morgan fingerprint density at radius 3 is 2.56 bits per heavy atom. The summed E-state index contributed by atoms with van der Waals surface area (Å²) < 4.78 is 52.7. The number of rotatable bonds is 1. The molecule has 1 saturated heterocycles. The SMILES string of the molecule is O=C(c1cc(Br)cc(F)c1F)N1CCC(F)(F)C1. The fourth-order valence-electron chi connectivity index (χ4n) is 1.79. The summed E-state index contributed by atoms with van der Waals surface area (Å²) >= 11 is 2.92. The van der Waals surface area contributed by atoms with Crippen LogP contribution in [0.4, 0.5) is 17.6 Å². The third kappa shape index (κ3) is 2.50. The van der Waals surface area contributed by atoms with Crippen LogP contribution in [0.25, 0.3) is 0 Å². The monoisotopic (exact) mass is 325 g/mol. The molecule has 0 spiro atoms. The van der Waals surface area contributed by atoms with Crippen LogP contribution in [-0.2, 0) is 0 Å². The Kier molecular flexibility index (Phi) is 3.35. The molecule has 1 aromatic rings. The smallest absolute Gasteiger partial charge is 0.267 e. The van der Waals surface area contributed by atoms with E-state index in [1.807, 2.05) is 0 Å². The van der Waals surface area contributed by atoms with Crippen molar-refractivity contribution < 1.29 is 22.4 Å². The molecule has 1 aliphatic rings. The van der Waals surface area contributed by atoms with Gasteiger partial charge in [0, 0.05) is 17.4 Å². The van der Waals surface area contributed by atoms with Crippen LogP contribution >= 0.6 is 15.9 Å². The van der Waals surface area contributed by atoms with E-state index in [0.717, 1.165) is 17.0 Å². The number of alkyl halides is 2. The number of carbonyl (C=O) groups excluding carboxylic acids is 1. The fraction of sp³-hybridized carbons (Fsp3) is 0.364. The largest absolute Gasteiger partial charge is 0.332 e. The van der Waals surface area contributed by atoms with Gasteiger partial charge in [-0.2, -0.15) is 0 Å². The Labute approximate surface area is 109 Å². The molecule has 0 unspecified atom stereocenters. The summed E-state index contributed by atoms with van der Waals surface area (Å²) in [6, 6.07) is 1.95. The average molecular weight is 326 g/mol. The molecular formula is C11H8BrF4NO. The molecule has 98 valence electrons. The molecule has 2 rings (SSSR count). The second-order valence-electron chi connectivity index (χ2n) is 4.08. The van der Waals surface area contributed by atoms with Gasteiger partial charge >= 0.3 is 0 Å². The van der Waals surface area contributed by atoms with Crippen LogP contribution in [0.2, 0.25) is 0 Å². The summed E-state index contributed by atoms with van der Waals surface area (Å²) in [6.45, 7) is -0.932. The van der Waals surface area contributed by atoms with E-state index >= 15 is 0 Å². The first kappa shape index (κ1) is 13.3. The second kappa shape index (κ2) is 4.53. The van der Waals surface area contributed by atoms with Gasteiger partial charge in [0.1, 0.15) is 0 Å². The quantitative estimate of drug-likeness (QED) is 0.573. The lowest BCUT2D eigenvalue weighted by Crippen LogP contribution is -2.32. The molecule has 1 heterocycles. The van der Waals surface area contributed by atoms with E-state index in [4.69, 9.17) is 0 Å². The van der Waals surface area contributed by atoms with Crippen molar-refractivity contribution >= 4 is 21.8 Å². The van der Waals surface area contributed by atoms with E-state index in [2.05, 4.69) is 15.9 Å². The lowest BCUT2D eigenvalue weighted by Gasteiger charge is -2.16. The molecule has 1 fully saturated rings. The Hall–Kier alpha value is -1.11. The predicted molar refractivity (Wildman–Crippen MR) is 59.5 cm³/mol. The normalized spacial score (nSPS) is 18.2. The lowest BCUT2D eigenvalue weighted by molar-refractivity contribution is 0.0119. The molecule has 0 atom stereocenters. The van der Waals surface area contributed by atoms with Gasteiger partial charge in [-0.05, 0) is 12.1 Å². The van der Waals surface area contributed by atoms with Crippen LogP contribution in [0, 0.1) is 11.6 Å². The van der Waals surface area contributed by atoms with Gasteiger partial charge in [-0.3, -0.25) is 4.79 Å². The minimum atomic E-state index is -2.96. The van der Waals surface area contributed by atoms with Gasteiger partial charge in [-0.1, -0.05) is 15.9 Å². The minimum Gasteiger partial charge on any atom is -0.332 e. The van der Waals surface area contributed by atoms with Gasteiger partial charge in [0.2, 0.25) is 0 Å². The van der Waals surface area contributed by atoms with Crippen molar-refractivity contribution in [1.82, 2.24) is 4.90 Å². The first-order valence-electron chi connectivity index (χ1n) is 5.12. The average Bonchev–Trinajstić information content (AvgIpc) is 2.63. The van der Waals surface area contributed by atoms with Gasteiger partial charge in [-0.15, -0.1) is 0 Å². The number of hydrogen-bond donors (Lipinski definition) is 0. The summed E-state index contributed by atoms with van der Waals surface area (Å²) in [5, 5.41) is 0. The van der Waals surface area contributed by atoms with Crippen molar-refractivity contribution in [2.75, 3.05) is 13.1 Å². The number of hydrogen-bond acceptors (Lipinski definition) is 1. The fourth-order valence-corrected chi connectivity index (χ4v) is 2.22. The molecule has 0 aliphatic carbocycles. The molecule has 0 radical (unpaired) electrons. The van der Waals surface area contributed by atoms with Crippen LogP contribution < -0.4 is 0 Å².